The minimum atomic E-state index is -0.551. The highest BCUT2D eigenvalue weighted by atomic mass is 16.5. The number of hydrogen-bond acceptors (Lipinski definition) is 2. The van der Waals surface area contributed by atoms with Crippen LogP contribution in [0.4, 0.5) is 0 Å². The molecule has 1 aromatic carbocycles. The summed E-state index contributed by atoms with van der Waals surface area (Å²) < 4.78 is 5.66. The van der Waals surface area contributed by atoms with E-state index < -0.39 is 5.60 Å². The van der Waals surface area contributed by atoms with E-state index in [1.807, 2.05) is 6.07 Å². The minimum Gasteiger partial charge on any atom is -0.370 e. The van der Waals surface area contributed by atoms with E-state index >= 15 is 0 Å². The number of methoxy groups -OCH3 is 1. The van der Waals surface area contributed by atoms with Gasteiger partial charge in [0.05, 0.1) is 0 Å². The van der Waals surface area contributed by atoms with Crippen LogP contribution in [0.15, 0.2) is 18.2 Å². The molecule has 0 aliphatic heterocycles. The minimum absolute atomic E-state index is 0.199. The van der Waals surface area contributed by atoms with Crippen molar-refractivity contribution in [2.45, 2.75) is 57.0 Å². The summed E-state index contributed by atoms with van der Waals surface area (Å²) in [6.45, 7) is 0. The molecule has 2 heteroatoms. The third-order valence-corrected chi connectivity index (χ3v) is 4.83. The van der Waals surface area contributed by atoms with E-state index in [9.17, 15) is 4.79 Å². The van der Waals surface area contributed by atoms with E-state index in [0.29, 0.717) is 0 Å². The van der Waals surface area contributed by atoms with Crippen molar-refractivity contribution in [2.75, 3.05) is 7.11 Å². The van der Waals surface area contributed by atoms with Crippen LogP contribution < -0.4 is 0 Å². The highest BCUT2D eigenvalue weighted by Crippen LogP contribution is 2.35. The molecular formula is C17H22O2. The molecule has 1 saturated carbocycles. The quantitative estimate of drug-likeness (QED) is 0.773. The van der Waals surface area contributed by atoms with Crippen molar-refractivity contribution in [2.24, 2.45) is 0 Å². The van der Waals surface area contributed by atoms with E-state index in [2.05, 4.69) is 12.1 Å². The molecule has 102 valence electrons. The zero-order valence-electron chi connectivity index (χ0n) is 11.7. The molecule has 1 fully saturated rings. The van der Waals surface area contributed by atoms with Crippen LogP contribution in [0.3, 0.4) is 0 Å². The van der Waals surface area contributed by atoms with Crippen LogP contribution in [0, 0.1) is 0 Å². The van der Waals surface area contributed by atoms with Crippen LogP contribution in [-0.2, 0) is 17.6 Å². The fourth-order valence-electron chi connectivity index (χ4n) is 3.62. The van der Waals surface area contributed by atoms with Crippen LogP contribution in [0.25, 0.3) is 0 Å². The van der Waals surface area contributed by atoms with Crippen molar-refractivity contribution in [3.63, 3.8) is 0 Å². The highest BCUT2D eigenvalue weighted by Gasteiger charge is 2.40. The third-order valence-electron chi connectivity index (χ3n) is 4.83. The molecule has 0 bridgehead atoms. The van der Waals surface area contributed by atoms with Gasteiger partial charge in [0.25, 0.3) is 0 Å². The normalized spacial score (nSPS) is 21.1. The Hall–Kier alpha value is -1.15. The molecule has 0 amide bonds. The second-order valence-corrected chi connectivity index (χ2v) is 5.93. The largest absolute Gasteiger partial charge is 0.370 e. The van der Waals surface area contributed by atoms with Gasteiger partial charge in [-0.1, -0.05) is 31.4 Å². The van der Waals surface area contributed by atoms with Gasteiger partial charge in [0.15, 0.2) is 5.78 Å². The van der Waals surface area contributed by atoms with E-state index in [1.54, 1.807) is 7.11 Å². The van der Waals surface area contributed by atoms with Gasteiger partial charge >= 0.3 is 0 Å². The van der Waals surface area contributed by atoms with E-state index in [0.717, 1.165) is 37.7 Å². The number of ether oxygens (including phenoxy) is 1. The summed E-state index contributed by atoms with van der Waals surface area (Å²) in [5.74, 6) is 0.199. The summed E-state index contributed by atoms with van der Waals surface area (Å²) >= 11 is 0. The summed E-state index contributed by atoms with van der Waals surface area (Å²) in [6.07, 6.45) is 8.69. The van der Waals surface area contributed by atoms with E-state index in [1.165, 1.54) is 30.4 Å². The Morgan fingerprint density at radius 3 is 2.53 bits per heavy atom. The Kier molecular flexibility index (Phi) is 3.44. The van der Waals surface area contributed by atoms with Crippen LogP contribution in [0.5, 0.6) is 0 Å². The van der Waals surface area contributed by atoms with Crippen molar-refractivity contribution < 1.29 is 9.53 Å². The van der Waals surface area contributed by atoms with Gasteiger partial charge in [-0.25, -0.2) is 0 Å². The lowest BCUT2D eigenvalue weighted by molar-refractivity contribution is -0.0194. The molecule has 0 N–H and O–H groups in total. The average molecular weight is 258 g/mol. The molecule has 0 saturated heterocycles. The molecule has 0 unspecified atom stereocenters. The molecular weight excluding hydrogens is 236 g/mol. The Balaban J connectivity index is 1.90. The topological polar surface area (TPSA) is 26.3 Å². The van der Waals surface area contributed by atoms with Gasteiger partial charge in [-0.2, -0.15) is 0 Å². The second kappa shape index (κ2) is 5.09. The molecule has 2 aliphatic rings. The van der Waals surface area contributed by atoms with Crippen molar-refractivity contribution in [1.82, 2.24) is 0 Å². The first kappa shape index (κ1) is 12.9. The average Bonchev–Trinajstić information content (AvgIpc) is 2.94. The standard InChI is InChI=1S/C17H22O2/c1-19-17(10-3-2-4-11-17)16(18)15-9-8-13-6-5-7-14(13)12-15/h8-9,12H,2-7,10-11H2,1H3. The number of carbonyl (C=O) groups excluding carboxylic acids is 1. The maximum atomic E-state index is 12.8. The van der Waals surface area contributed by atoms with E-state index in [-0.39, 0.29) is 5.78 Å². The molecule has 19 heavy (non-hydrogen) atoms. The number of rotatable bonds is 3. The molecule has 2 nitrogen and oxygen atoms in total. The van der Waals surface area contributed by atoms with Crippen LogP contribution in [0.1, 0.15) is 60.0 Å². The van der Waals surface area contributed by atoms with Gasteiger partial charge in [-0.05, 0) is 49.3 Å². The van der Waals surface area contributed by atoms with Gasteiger partial charge < -0.3 is 4.74 Å². The number of carbonyl (C=O) groups is 1. The van der Waals surface area contributed by atoms with Gasteiger partial charge in [0.1, 0.15) is 5.60 Å². The smallest absolute Gasteiger partial charge is 0.194 e. The summed E-state index contributed by atoms with van der Waals surface area (Å²) in [7, 11) is 1.69. The lowest BCUT2D eigenvalue weighted by atomic mass is 9.79. The van der Waals surface area contributed by atoms with Crippen molar-refractivity contribution in [3.8, 4) is 0 Å². The molecule has 0 spiro atoms. The Morgan fingerprint density at radius 1 is 1.05 bits per heavy atom. The third kappa shape index (κ3) is 2.23. The number of fused-ring (bicyclic) bond motifs is 1. The fourth-order valence-corrected chi connectivity index (χ4v) is 3.62. The first-order valence-electron chi connectivity index (χ1n) is 7.47. The molecule has 0 radical (unpaired) electrons. The van der Waals surface area contributed by atoms with Crippen molar-refractivity contribution in [1.29, 1.82) is 0 Å². The Morgan fingerprint density at radius 2 is 1.79 bits per heavy atom. The molecule has 1 aromatic rings. The van der Waals surface area contributed by atoms with Gasteiger partial charge in [-0.3, -0.25) is 4.79 Å². The molecule has 3 rings (SSSR count). The van der Waals surface area contributed by atoms with E-state index in [4.69, 9.17) is 4.74 Å². The Bertz CT molecular complexity index is 484. The summed E-state index contributed by atoms with van der Waals surface area (Å²) in [4.78, 5) is 12.8. The van der Waals surface area contributed by atoms with Crippen molar-refractivity contribution >= 4 is 5.78 Å². The zero-order chi connectivity index (χ0) is 13.3. The van der Waals surface area contributed by atoms with Crippen LogP contribution in [0.2, 0.25) is 0 Å². The summed E-state index contributed by atoms with van der Waals surface area (Å²) in [5.41, 5.74) is 3.09. The zero-order valence-corrected chi connectivity index (χ0v) is 11.7. The highest BCUT2D eigenvalue weighted by molar-refractivity contribution is 6.02. The SMILES string of the molecule is COC1(C(=O)c2ccc3c(c2)CCC3)CCCCC1. The monoisotopic (exact) mass is 258 g/mol. The molecule has 0 atom stereocenters. The Labute approximate surface area is 115 Å². The number of Topliss-reactive ketones (excluding diaryl/α,β-unsaturated/α-hetero) is 1. The molecule has 0 heterocycles. The first-order valence-corrected chi connectivity index (χ1v) is 7.47. The number of hydrogen-bond donors (Lipinski definition) is 0. The predicted octanol–water partition coefficient (Wildman–Crippen LogP) is 3.71. The van der Waals surface area contributed by atoms with Crippen LogP contribution >= 0.6 is 0 Å². The summed E-state index contributed by atoms with van der Waals surface area (Å²) in [6, 6.07) is 6.25. The number of ketones is 1. The predicted molar refractivity (Wildman–Crippen MR) is 75.6 cm³/mol. The second-order valence-electron chi connectivity index (χ2n) is 5.93. The molecule has 0 aromatic heterocycles. The summed E-state index contributed by atoms with van der Waals surface area (Å²) in [5, 5.41) is 0. The maximum Gasteiger partial charge on any atom is 0.194 e. The van der Waals surface area contributed by atoms with Gasteiger partial charge in [-0.15, -0.1) is 0 Å². The van der Waals surface area contributed by atoms with Crippen LogP contribution in [-0.4, -0.2) is 18.5 Å². The fraction of sp³-hybridized carbons (Fsp3) is 0.588. The first-order chi connectivity index (χ1) is 9.25. The van der Waals surface area contributed by atoms with Crippen molar-refractivity contribution in [3.05, 3.63) is 34.9 Å². The molecule has 2 aliphatic carbocycles. The lowest BCUT2D eigenvalue weighted by Crippen LogP contribution is -2.42. The maximum absolute atomic E-state index is 12.8. The number of benzene rings is 1. The van der Waals surface area contributed by atoms with Gasteiger partial charge in [0, 0.05) is 12.7 Å². The lowest BCUT2D eigenvalue weighted by Gasteiger charge is -2.34. The van der Waals surface area contributed by atoms with Gasteiger partial charge in [0.2, 0.25) is 0 Å². The number of aryl methyl sites for hydroxylation is 2.